The van der Waals surface area contributed by atoms with Crippen molar-refractivity contribution < 1.29 is 4.39 Å². The van der Waals surface area contributed by atoms with Gasteiger partial charge in [0.1, 0.15) is 10.8 Å². The van der Waals surface area contributed by atoms with Crippen LogP contribution in [0.5, 0.6) is 0 Å². The predicted octanol–water partition coefficient (Wildman–Crippen LogP) is 3.99. The van der Waals surface area contributed by atoms with E-state index in [9.17, 15) is 4.39 Å². The first kappa shape index (κ1) is 11.2. The summed E-state index contributed by atoms with van der Waals surface area (Å²) < 4.78 is 14.1. The predicted molar refractivity (Wildman–Crippen MR) is 74.2 cm³/mol. The Hall–Kier alpha value is -1.94. The summed E-state index contributed by atoms with van der Waals surface area (Å²) in [6, 6.07) is 10.5. The molecule has 0 spiro atoms. The molecular formula is C14H11FN2S. The van der Waals surface area contributed by atoms with Gasteiger partial charge in [-0.15, -0.1) is 11.3 Å². The number of anilines is 1. The molecule has 4 heteroatoms. The third kappa shape index (κ3) is 1.84. The first-order valence-corrected chi connectivity index (χ1v) is 6.38. The normalized spacial score (nSPS) is 11.0. The molecule has 3 rings (SSSR count). The molecule has 1 heterocycles. The zero-order valence-electron chi connectivity index (χ0n) is 9.77. The molecule has 0 aliphatic rings. The smallest absolute Gasteiger partial charge is 0.125 e. The highest BCUT2D eigenvalue weighted by molar-refractivity contribution is 7.21. The van der Waals surface area contributed by atoms with Crippen molar-refractivity contribution in [1.82, 2.24) is 4.98 Å². The van der Waals surface area contributed by atoms with Gasteiger partial charge in [0, 0.05) is 17.3 Å². The molecule has 0 radical (unpaired) electrons. The van der Waals surface area contributed by atoms with Crippen LogP contribution in [0.25, 0.3) is 20.8 Å². The van der Waals surface area contributed by atoms with Gasteiger partial charge in [-0.05, 0) is 30.7 Å². The lowest BCUT2D eigenvalue weighted by Gasteiger charge is -2.01. The van der Waals surface area contributed by atoms with E-state index >= 15 is 0 Å². The fraction of sp³-hybridized carbons (Fsp3) is 0.0714. The summed E-state index contributed by atoms with van der Waals surface area (Å²) in [6.45, 7) is 1.97. The molecular weight excluding hydrogens is 247 g/mol. The van der Waals surface area contributed by atoms with E-state index in [1.54, 1.807) is 17.4 Å². The second-order valence-corrected chi connectivity index (χ2v) is 5.23. The fourth-order valence-corrected chi connectivity index (χ4v) is 2.74. The molecule has 0 amide bonds. The third-order valence-electron chi connectivity index (χ3n) is 2.88. The van der Waals surface area contributed by atoms with Crippen molar-refractivity contribution in [2.45, 2.75) is 6.92 Å². The summed E-state index contributed by atoms with van der Waals surface area (Å²) in [5.74, 6) is -0.261. The molecule has 2 N–H and O–H groups in total. The Morgan fingerprint density at radius 1 is 1.17 bits per heavy atom. The van der Waals surface area contributed by atoms with Gasteiger partial charge in [-0.3, -0.25) is 0 Å². The van der Waals surface area contributed by atoms with Crippen molar-refractivity contribution >= 4 is 27.2 Å². The van der Waals surface area contributed by atoms with Crippen LogP contribution in [0.4, 0.5) is 10.1 Å². The van der Waals surface area contributed by atoms with E-state index in [-0.39, 0.29) is 5.82 Å². The Bertz CT molecular complexity index is 734. The van der Waals surface area contributed by atoms with E-state index < -0.39 is 0 Å². The lowest BCUT2D eigenvalue weighted by molar-refractivity contribution is 0.629. The first-order chi connectivity index (χ1) is 8.63. The molecule has 90 valence electrons. The molecule has 0 atom stereocenters. The highest BCUT2D eigenvalue weighted by atomic mass is 32.1. The maximum Gasteiger partial charge on any atom is 0.125 e. The SMILES string of the molecule is Cc1ccc(-c2nc3cc(F)ccc3s2)cc1N. The molecule has 18 heavy (non-hydrogen) atoms. The van der Waals surface area contributed by atoms with Crippen molar-refractivity contribution in [3.8, 4) is 10.6 Å². The lowest BCUT2D eigenvalue weighted by atomic mass is 10.1. The average Bonchev–Trinajstić information content (AvgIpc) is 2.75. The molecule has 0 saturated heterocycles. The molecule has 0 fully saturated rings. The monoisotopic (exact) mass is 258 g/mol. The number of halogens is 1. The summed E-state index contributed by atoms with van der Waals surface area (Å²) in [4.78, 5) is 4.44. The summed E-state index contributed by atoms with van der Waals surface area (Å²) in [5.41, 5.74) is 9.35. The van der Waals surface area contributed by atoms with E-state index in [1.807, 2.05) is 25.1 Å². The Labute approximate surface area is 108 Å². The highest BCUT2D eigenvalue weighted by Gasteiger charge is 2.07. The Morgan fingerprint density at radius 2 is 2.00 bits per heavy atom. The van der Waals surface area contributed by atoms with Crippen molar-refractivity contribution in [2.75, 3.05) is 5.73 Å². The maximum absolute atomic E-state index is 13.1. The number of nitrogens with two attached hydrogens (primary N) is 1. The van der Waals surface area contributed by atoms with Crippen LogP contribution in [0.2, 0.25) is 0 Å². The van der Waals surface area contributed by atoms with Crippen LogP contribution in [0, 0.1) is 12.7 Å². The number of aryl methyl sites for hydroxylation is 1. The topological polar surface area (TPSA) is 38.9 Å². The molecule has 0 saturated carbocycles. The average molecular weight is 258 g/mol. The van der Waals surface area contributed by atoms with Crippen LogP contribution in [0.3, 0.4) is 0 Å². The minimum atomic E-state index is -0.261. The summed E-state index contributed by atoms with van der Waals surface area (Å²) >= 11 is 1.54. The van der Waals surface area contributed by atoms with Crippen LogP contribution in [-0.2, 0) is 0 Å². The molecule has 1 aromatic heterocycles. The number of aromatic nitrogens is 1. The number of fused-ring (bicyclic) bond motifs is 1. The van der Waals surface area contributed by atoms with Gasteiger partial charge in [-0.2, -0.15) is 0 Å². The van der Waals surface area contributed by atoms with E-state index in [1.165, 1.54) is 12.1 Å². The maximum atomic E-state index is 13.1. The van der Waals surface area contributed by atoms with Crippen molar-refractivity contribution in [3.05, 3.63) is 47.8 Å². The van der Waals surface area contributed by atoms with Crippen LogP contribution in [-0.4, -0.2) is 4.98 Å². The van der Waals surface area contributed by atoms with Gasteiger partial charge < -0.3 is 5.73 Å². The molecule has 0 unspecified atom stereocenters. The molecule has 0 aliphatic carbocycles. The molecule has 2 nitrogen and oxygen atoms in total. The van der Waals surface area contributed by atoms with Crippen LogP contribution in [0.1, 0.15) is 5.56 Å². The zero-order chi connectivity index (χ0) is 12.7. The number of thiazole rings is 1. The van der Waals surface area contributed by atoms with Gasteiger partial charge in [0.15, 0.2) is 0 Å². The number of hydrogen-bond donors (Lipinski definition) is 1. The van der Waals surface area contributed by atoms with E-state index in [0.29, 0.717) is 5.52 Å². The first-order valence-electron chi connectivity index (χ1n) is 5.56. The standard InChI is InChI=1S/C14H11FN2S/c1-8-2-3-9(6-11(8)16)14-17-12-7-10(15)4-5-13(12)18-14/h2-7H,16H2,1H3. The van der Waals surface area contributed by atoms with Crippen molar-refractivity contribution in [2.24, 2.45) is 0 Å². The zero-order valence-corrected chi connectivity index (χ0v) is 10.6. The Balaban J connectivity index is 2.16. The largest absolute Gasteiger partial charge is 0.398 e. The van der Waals surface area contributed by atoms with Crippen molar-refractivity contribution in [3.63, 3.8) is 0 Å². The molecule has 3 aromatic rings. The minimum Gasteiger partial charge on any atom is -0.398 e. The van der Waals surface area contributed by atoms with Gasteiger partial charge >= 0.3 is 0 Å². The van der Waals surface area contributed by atoms with E-state index in [4.69, 9.17) is 5.73 Å². The third-order valence-corrected chi connectivity index (χ3v) is 3.96. The number of nitrogens with zero attached hydrogens (tertiary/aromatic N) is 1. The lowest BCUT2D eigenvalue weighted by Crippen LogP contribution is -1.89. The number of hydrogen-bond acceptors (Lipinski definition) is 3. The molecule has 0 aliphatic heterocycles. The second kappa shape index (κ2) is 4.07. The van der Waals surface area contributed by atoms with Gasteiger partial charge in [-0.25, -0.2) is 9.37 Å². The number of rotatable bonds is 1. The van der Waals surface area contributed by atoms with Gasteiger partial charge in [0.05, 0.1) is 10.2 Å². The van der Waals surface area contributed by atoms with Gasteiger partial charge in [0.2, 0.25) is 0 Å². The number of nitrogen functional groups attached to an aromatic ring is 1. The number of benzene rings is 2. The van der Waals surface area contributed by atoms with Crippen molar-refractivity contribution in [1.29, 1.82) is 0 Å². The molecule has 2 aromatic carbocycles. The second-order valence-electron chi connectivity index (χ2n) is 4.20. The Kier molecular flexibility index (Phi) is 2.52. The van der Waals surface area contributed by atoms with E-state index in [0.717, 1.165) is 26.5 Å². The Morgan fingerprint density at radius 3 is 2.78 bits per heavy atom. The summed E-state index contributed by atoms with van der Waals surface area (Å²) in [5, 5.41) is 0.863. The van der Waals surface area contributed by atoms with Crippen LogP contribution >= 0.6 is 11.3 Å². The van der Waals surface area contributed by atoms with Gasteiger partial charge in [-0.1, -0.05) is 12.1 Å². The quantitative estimate of drug-likeness (QED) is 0.670. The van der Waals surface area contributed by atoms with E-state index in [2.05, 4.69) is 4.98 Å². The van der Waals surface area contributed by atoms with Gasteiger partial charge in [0.25, 0.3) is 0 Å². The van der Waals surface area contributed by atoms with Crippen LogP contribution < -0.4 is 5.73 Å². The highest BCUT2D eigenvalue weighted by Crippen LogP contribution is 2.31. The van der Waals surface area contributed by atoms with Crippen LogP contribution in [0.15, 0.2) is 36.4 Å². The minimum absolute atomic E-state index is 0.261. The fourth-order valence-electron chi connectivity index (χ4n) is 1.80. The molecule has 0 bridgehead atoms. The summed E-state index contributed by atoms with van der Waals surface area (Å²) in [7, 11) is 0. The summed E-state index contributed by atoms with van der Waals surface area (Å²) in [6.07, 6.45) is 0.